The van der Waals surface area contributed by atoms with Gasteiger partial charge in [0.15, 0.2) is 5.82 Å². The van der Waals surface area contributed by atoms with Crippen LogP contribution in [0.25, 0.3) is 5.69 Å². The highest BCUT2D eigenvalue weighted by Crippen LogP contribution is 2.29. The number of benzene rings is 2. The molecule has 2 aromatic carbocycles. The Morgan fingerprint density at radius 2 is 1.83 bits per heavy atom. The van der Waals surface area contributed by atoms with Crippen LogP contribution in [0.2, 0.25) is 0 Å². The summed E-state index contributed by atoms with van der Waals surface area (Å²) < 4.78 is 45.8. The molecule has 0 bridgehead atoms. The first kappa shape index (κ1) is 16.7. The number of tetrazole rings is 1. The van der Waals surface area contributed by atoms with Gasteiger partial charge in [0.2, 0.25) is 0 Å². The van der Waals surface area contributed by atoms with Crippen molar-refractivity contribution in [3.05, 3.63) is 63.5 Å². The van der Waals surface area contributed by atoms with Crippen LogP contribution in [0.4, 0.5) is 13.2 Å². The van der Waals surface area contributed by atoms with Crippen LogP contribution in [0, 0.1) is 3.57 Å². The van der Waals surface area contributed by atoms with Crippen LogP contribution in [0.5, 0.6) is 5.75 Å². The lowest BCUT2D eigenvalue weighted by Crippen LogP contribution is -2.08. The number of alkyl halides is 3. The molecule has 1 aromatic heterocycles. The fourth-order valence-electron chi connectivity index (χ4n) is 1.99. The summed E-state index contributed by atoms with van der Waals surface area (Å²) in [7, 11) is 0. The van der Waals surface area contributed by atoms with Crippen LogP contribution in [0.1, 0.15) is 11.4 Å². The highest BCUT2D eigenvalue weighted by Gasteiger charge is 2.30. The van der Waals surface area contributed by atoms with E-state index >= 15 is 0 Å². The van der Waals surface area contributed by atoms with Gasteiger partial charge in [-0.25, -0.2) is 0 Å². The number of rotatable bonds is 4. The molecular weight excluding hydrogens is 436 g/mol. The first-order valence-electron chi connectivity index (χ1n) is 6.77. The zero-order chi connectivity index (χ0) is 17.2. The summed E-state index contributed by atoms with van der Waals surface area (Å²) >= 11 is 2.17. The minimum atomic E-state index is -4.38. The number of halogens is 4. The molecule has 0 unspecified atom stereocenters. The van der Waals surface area contributed by atoms with E-state index in [0.717, 1.165) is 15.7 Å². The zero-order valence-electron chi connectivity index (χ0n) is 12.0. The van der Waals surface area contributed by atoms with E-state index in [1.807, 2.05) is 18.2 Å². The van der Waals surface area contributed by atoms with E-state index in [1.54, 1.807) is 6.07 Å². The average Bonchev–Trinajstić information content (AvgIpc) is 3.01. The molecule has 0 aliphatic carbocycles. The van der Waals surface area contributed by atoms with E-state index in [4.69, 9.17) is 4.74 Å². The van der Waals surface area contributed by atoms with E-state index < -0.39 is 11.7 Å². The van der Waals surface area contributed by atoms with Gasteiger partial charge >= 0.3 is 6.18 Å². The van der Waals surface area contributed by atoms with Gasteiger partial charge in [0, 0.05) is 3.57 Å². The van der Waals surface area contributed by atoms with Gasteiger partial charge in [-0.15, -0.1) is 5.10 Å². The average molecular weight is 446 g/mol. The van der Waals surface area contributed by atoms with Gasteiger partial charge in [-0.1, -0.05) is 6.07 Å². The van der Waals surface area contributed by atoms with Crippen LogP contribution in [-0.4, -0.2) is 20.2 Å². The number of aromatic nitrogens is 4. The number of hydrogen-bond donors (Lipinski definition) is 0. The Labute approximate surface area is 148 Å². The first-order chi connectivity index (χ1) is 11.4. The fraction of sp³-hybridized carbons (Fsp3) is 0.133. The lowest BCUT2D eigenvalue weighted by molar-refractivity contribution is -0.137. The molecule has 3 aromatic rings. The zero-order valence-corrected chi connectivity index (χ0v) is 14.2. The van der Waals surface area contributed by atoms with Gasteiger partial charge in [0.1, 0.15) is 12.4 Å². The maximum absolute atomic E-state index is 12.6. The van der Waals surface area contributed by atoms with E-state index in [2.05, 4.69) is 38.1 Å². The van der Waals surface area contributed by atoms with Crippen molar-refractivity contribution >= 4 is 22.6 Å². The van der Waals surface area contributed by atoms with E-state index in [-0.39, 0.29) is 6.61 Å². The summed E-state index contributed by atoms with van der Waals surface area (Å²) in [6.07, 6.45) is -4.38. The van der Waals surface area contributed by atoms with Crippen LogP contribution in [0.15, 0.2) is 48.5 Å². The van der Waals surface area contributed by atoms with Gasteiger partial charge < -0.3 is 4.74 Å². The van der Waals surface area contributed by atoms with E-state index in [1.165, 1.54) is 16.8 Å². The predicted octanol–water partition coefficient (Wildman–Crippen LogP) is 3.86. The Morgan fingerprint density at radius 3 is 2.50 bits per heavy atom. The maximum Gasteiger partial charge on any atom is 0.416 e. The van der Waals surface area contributed by atoms with Crippen molar-refractivity contribution < 1.29 is 17.9 Å². The summed E-state index contributed by atoms with van der Waals surface area (Å²) in [5, 5.41) is 11.2. The van der Waals surface area contributed by atoms with E-state index in [0.29, 0.717) is 17.3 Å². The predicted molar refractivity (Wildman–Crippen MR) is 87.6 cm³/mol. The van der Waals surface area contributed by atoms with Crippen LogP contribution in [0.3, 0.4) is 0 Å². The number of hydrogen-bond acceptors (Lipinski definition) is 4. The summed E-state index contributed by atoms with van der Waals surface area (Å²) in [5.74, 6) is 1.04. The maximum atomic E-state index is 12.6. The van der Waals surface area contributed by atoms with Gasteiger partial charge in [-0.05, 0) is 75.5 Å². The van der Waals surface area contributed by atoms with Gasteiger partial charge in [0.05, 0.1) is 11.3 Å². The van der Waals surface area contributed by atoms with Crippen molar-refractivity contribution in [1.29, 1.82) is 0 Å². The standard InChI is InChI=1S/C15H10F3IN4O/c16-15(17,18)10-4-6-12(7-5-10)23-14(20-21-22-23)9-24-13-3-1-2-11(19)8-13/h1-8H,9H2. The third-order valence-electron chi connectivity index (χ3n) is 3.14. The quantitative estimate of drug-likeness (QED) is 0.572. The van der Waals surface area contributed by atoms with Crippen molar-refractivity contribution in [3.63, 3.8) is 0 Å². The monoisotopic (exact) mass is 446 g/mol. The van der Waals surface area contributed by atoms with E-state index in [9.17, 15) is 13.2 Å². The molecule has 0 fully saturated rings. The molecule has 0 atom stereocenters. The topological polar surface area (TPSA) is 52.8 Å². The fourth-order valence-corrected chi connectivity index (χ4v) is 2.51. The molecule has 24 heavy (non-hydrogen) atoms. The van der Waals surface area contributed by atoms with Crippen molar-refractivity contribution in [1.82, 2.24) is 20.2 Å². The second kappa shape index (κ2) is 6.75. The van der Waals surface area contributed by atoms with Gasteiger partial charge in [-0.2, -0.15) is 17.9 Å². The summed E-state index contributed by atoms with van der Waals surface area (Å²) in [5.41, 5.74) is -0.301. The highest BCUT2D eigenvalue weighted by atomic mass is 127. The molecule has 9 heteroatoms. The molecule has 0 saturated heterocycles. The molecule has 0 aliphatic heterocycles. The number of ether oxygens (including phenoxy) is 1. The smallest absolute Gasteiger partial charge is 0.416 e. The molecule has 0 spiro atoms. The second-order valence-electron chi connectivity index (χ2n) is 4.80. The van der Waals surface area contributed by atoms with Gasteiger partial charge in [-0.3, -0.25) is 0 Å². The van der Waals surface area contributed by atoms with Crippen LogP contribution in [-0.2, 0) is 12.8 Å². The lowest BCUT2D eigenvalue weighted by Gasteiger charge is -2.09. The Morgan fingerprint density at radius 1 is 1.08 bits per heavy atom. The summed E-state index contributed by atoms with van der Waals surface area (Å²) in [6, 6.07) is 12.0. The van der Waals surface area contributed by atoms with Crippen molar-refractivity contribution in [2.24, 2.45) is 0 Å². The minimum Gasteiger partial charge on any atom is -0.485 e. The Kier molecular flexibility index (Phi) is 4.69. The Bertz CT molecular complexity index is 833. The van der Waals surface area contributed by atoms with Crippen molar-refractivity contribution in [2.45, 2.75) is 12.8 Å². The molecular formula is C15H10F3IN4O. The molecule has 1 heterocycles. The third kappa shape index (κ3) is 3.83. The highest BCUT2D eigenvalue weighted by molar-refractivity contribution is 14.1. The second-order valence-corrected chi connectivity index (χ2v) is 6.04. The SMILES string of the molecule is FC(F)(F)c1ccc(-n2nnnc2COc2cccc(I)c2)cc1. The molecule has 0 aliphatic rings. The minimum absolute atomic E-state index is 0.0914. The van der Waals surface area contributed by atoms with Crippen LogP contribution < -0.4 is 4.74 Å². The molecule has 0 saturated carbocycles. The molecule has 0 N–H and O–H groups in total. The summed E-state index contributed by atoms with van der Waals surface area (Å²) in [4.78, 5) is 0. The van der Waals surface area contributed by atoms with Crippen LogP contribution >= 0.6 is 22.6 Å². The first-order valence-corrected chi connectivity index (χ1v) is 7.84. The molecule has 124 valence electrons. The normalized spacial score (nSPS) is 11.5. The van der Waals surface area contributed by atoms with Crippen molar-refractivity contribution in [3.8, 4) is 11.4 Å². The largest absolute Gasteiger partial charge is 0.485 e. The van der Waals surface area contributed by atoms with Crippen molar-refractivity contribution in [2.75, 3.05) is 0 Å². The van der Waals surface area contributed by atoms with Gasteiger partial charge in [0.25, 0.3) is 0 Å². The lowest BCUT2D eigenvalue weighted by atomic mass is 10.2. The Hall–Kier alpha value is -2.17. The Balaban J connectivity index is 1.78. The summed E-state index contributed by atoms with van der Waals surface area (Å²) in [6.45, 7) is 0.0914. The third-order valence-corrected chi connectivity index (χ3v) is 3.81. The molecule has 0 amide bonds. The molecule has 3 rings (SSSR count). The molecule has 0 radical (unpaired) electrons. The molecule has 5 nitrogen and oxygen atoms in total. The number of nitrogens with zero attached hydrogens (tertiary/aromatic N) is 4.